The van der Waals surface area contributed by atoms with E-state index in [-0.39, 0.29) is 11.8 Å². The average Bonchev–Trinajstić information content (AvgIpc) is 3.01. The molecule has 0 radical (unpaired) electrons. The summed E-state index contributed by atoms with van der Waals surface area (Å²) in [6, 6.07) is 6.21. The number of aryl methyl sites for hydroxylation is 1. The summed E-state index contributed by atoms with van der Waals surface area (Å²) in [6.07, 6.45) is 4.64. The van der Waals surface area contributed by atoms with E-state index >= 15 is 0 Å². The van der Waals surface area contributed by atoms with E-state index in [4.69, 9.17) is 4.74 Å². The normalized spacial score (nSPS) is 30.9. The van der Waals surface area contributed by atoms with Gasteiger partial charge in [-0.3, -0.25) is 4.79 Å². The molecule has 4 atom stereocenters. The van der Waals surface area contributed by atoms with Crippen LogP contribution in [0.4, 0.5) is 0 Å². The molecule has 0 aliphatic heterocycles. The van der Waals surface area contributed by atoms with Gasteiger partial charge in [0.05, 0.1) is 7.11 Å². The molecule has 1 fully saturated rings. The van der Waals surface area contributed by atoms with Gasteiger partial charge in [-0.05, 0) is 66.7 Å². The van der Waals surface area contributed by atoms with Gasteiger partial charge in [0.2, 0.25) is 0 Å². The van der Waals surface area contributed by atoms with Crippen LogP contribution in [-0.4, -0.2) is 30.3 Å². The Morgan fingerprint density at radius 3 is 2.81 bits per heavy atom. The van der Waals surface area contributed by atoms with Crippen molar-refractivity contribution in [3.63, 3.8) is 0 Å². The lowest BCUT2D eigenvalue weighted by atomic mass is 9.66. The zero-order valence-electron chi connectivity index (χ0n) is 16.5. The highest BCUT2D eigenvalue weighted by molar-refractivity contribution is 5.85. The molecule has 1 aromatic rings. The van der Waals surface area contributed by atoms with E-state index in [9.17, 15) is 9.90 Å². The van der Waals surface area contributed by atoms with Crippen LogP contribution in [0.1, 0.15) is 63.5 Å². The second-order valence-electron chi connectivity index (χ2n) is 8.67. The Kier molecular flexibility index (Phi) is 5.61. The third-order valence-corrected chi connectivity index (χ3v) is 6.50. The number of rotatable bonds is 5. The maximum Gasteiger partial charge on any atom is 0.252 e. The van der Waals surface area contributed by atoms with Crippen LogP contribution in [0.5, 0.6) is 5.75 Å². The summed E-state index contributed by atoms with van der Waals surface area (Å²) in [5, 5.41) is 14.3. The van der Waals surface area contributed by atoms with E-state index in [1.165, 1.54) is 11.1 Å². The molecule has 1 amide bonds. The van der Waals surface area contributed by atoms with Crippen LogP contribution in [0.25, 0.3) is 0 Å². The summed E-state index contributed by atoms with van der Waals surface area (Å²) >= 11 is 0. The lowest BCUT2D eigenvalue weighted by Gasteiger charge is -2.43. The Balaban J connectivity index is 1.67. The predicted molar refractivity (Wildman–Crippen MR) is 103 cm³/mol. The molecule has 2 aliphatic rings. The van der Waals surface area contributed by atoms with Gasteiger partial charge in [-0.1, -0.05) is 33.3 Å². The van der Waals surface area contributed by atoms with Crippen molar-refractivity contribution in [2.45, 2.75) is 64.4 Å². The predicted octanol–water partition coefficient (Wildman–Crippen LogP) is 3.66. The fraction of sp³-hybridized carbons (Fsp3) is 0.682. The number of carbonyl (C=O) groups is 1. The van der Waals surface area contributed by atoms with Crippen molar-refractivity contribution in [1.82, 2.24) is 5.32 Å². The number of amides is 1. The molecule has 0 spiro atoms. The standard InChI is InChI=1S/C22H33NO3/c1-14(2)20-10-5-15(3)12-22(20,25)21(24)23-13-17-7-6-16-11-18(26-4)8-9-19(16)17/h8-9,11,14-15,17,20,25H,5-7,10,12-13H2,1-4H3,(H,23,24)/t15?,17?,20?,22-/m1/s1. The highest BCUT2D eigenvalue weighted by Crippen LogP contribution is 2.41. The van der Waals surface area contributed by atoms with Gasteiger partial charge in [-0.2, -0.15) is 0 Å². The van der Waals surface area contributed by atoms with Gasteiger partial charge in [0.1, 0.15) is 11.4 Å². The Bertz CT molecular complexity index is 657. The van der Waals surface area contributed by atoms with Crippen molar-refractivity contribution < 1.29 is 14.6 Å². The minimum absolute atomic E-state index is 0.0406. The molecule has 0 bridgehead atoms. The van der Waals surface area contributed by atoms with E-state index in [1.54, 1.807) is 7.11 Å². The number of aliphatic hydroxyl groups is 1. The van der Waals surface area contributed by atoms with Crippen molar-refractivity contribution in [3.8, 4) is 5.75 Å². The molecule has 1 aromatic carbocycles. The molecule has 4 heteroatoms. The molecule has 1 saturated carbocycles. The number of hydrogen-bond donors (Lipinski definition) is 2. The van der Waals surface area contributed by atoms with Gasteiger partial charge < -0.3 is 15.2 Å². The summed E-state index contributed by atoms with van der Waals surface area (Å²) < 4.78 is 5.31. The third-order valence-electron chi connectivity index (χ3n) is 6.50. The summed E-state index contributed by atoms with van der Waals surface area (Å²) in [7, 11) is 1.69. The molecule has 2 N–H and O–H groups in total. The lowest BCUT2D eigenvalue weighted by Crippen LogP contribution is -2.56. The fourth-order valence-electron chi connectivity index (χ4n) is 5.02. The maximum atomic E-state index is 13.0. The molecule has 0 heterocycles. The van der Waals surface area contributed by atoms with Crippen LogP contribution in [-0.2, 0) is 11.2 Å². The highest BCUT2D eigenvalue weighted by Gasteiger charge is 2.48. The molecular formula is C22H33NO3. The number of ether oxygens (including phenoxy) is 1. The van der Waals surface area contributed by atoms with Crippen molar-refractivity contribution >= 4 is 5.91 Å². The van der Waals surface area contributed by atoms with Gasteiger partial charge in [-0.15, -0.1) is 0 Å². The molecule has 2 aliphatic carbocycles. The van der Waals surface area contributed by atoms with Crippen LogP contribution in [0.3, 0.4) is 0 Å². The monoisotopic (exact) mass is 359 g/mol. The van der Waals surface area contributed by atoms with E-state index in [2.05, 4.69) is 38.2 Å². The van der Waals surface area contributed by atoms with E-state index in [1.807, 2.05) is 6.07 Å². The first-order chi connectivity index (χ1) is 12.3. The molecule has 26 heavy (non-hydrogen) atoms. The largest absolute Gasteiger partial charge is 0.497 e. The summed E-state index contributed by atoms with van der Waals surface area (Å²) in [5.41, 5.74) is 1.39. The first-order valence-electron chi connectivity index (χ1n) is 10.0. The molecule has 144 valence electrons. The summed E-state index contributed by atoms with van der Waals surface area (Å²) in [6.45, 7) is 6.95. The van der Waals surface area contributed by atoms with Gasteiger partial charge in [0.15, 0.2) is 0 Å². The minimum Gasteiger partial charge on any atom is -0.497 e. The van der Waals surface area contributed by atoms with Crippen molar-refractivity contribution in [2.24, 2.45) is 17.8 Å². The molecule has 0 aromatic heterocycles. The molecule has 4 nitrogen and oxygen atoms in total. The number of fused-ring (bicyclic) bond motifs is 1. The van der Waals surface area contributed by atoms with Crippen LogP contribution < -0.4 is 10.1 Å². The first kappa shape index (κ1) is 19.2. The van der Waals surface area contributed by atoms with Gasteiger partial charge >= 0.3 is 0 Å². The molecular weight excluding hydrogens is 326 g/mol. The van der Waals surface area contributed by atoms with Gasteiger partial charge in [0, 0.05) is 12.5 Å². The second kappa shape index (κ2) is 7.59. The Hall–Kier alpha value is -1.55. The smallest absolute Gasteiger partial charge is 0.252 e. The number of nitrogens with one attached hydrogen (secondary N) is 1. The third kappa shape index (κ3) is 3.62. The van der Waals surface area contributed by atoms with E-state index in [0.29, 0.717) is 30.7 Å². The number of methoxy groups -OCH3 is 1. The topological polar surface area (TPSA) is 58.6 Å². The molecule has 3 unspecified atom stereocenters. The van der Waals surface area contributed by atoms with Crippen LogP contribution in [0, 0.1) is 17.8 Å². The van der Waals surface area contributed by atoms with E-state index < -0.39 is 5.60 Å². The first-order valence-corrected chi connectivity index (χ1v) is 10.0. The molecule has 0 saturated heterocycles. The number of carbonyl (C=O) groups excluding carboxylic acids is 1. The SMILES string of the molecule is COc1ccc2c(c1)CCC2CNC(=O)[C@@]1(O)CC(C)CCC1C(C)C. The van der Waals surface area contributed by atoms with Crippen LogP contribution in [0.15, 0.2) is 18.2 Å². The van der Waals surface area contributed by atoms with Crippen LogP contribution in [0.2, 0.25) is 0 Å². The summed E-state index contributed by atoms with van der Waals surface area (Å²) in [4.78, 5) is 13.0. The van der Waals surface area contributed by atoms with Gasteiger partial charge in [0.25, 0.3) is 5.91 Å². The fourth-order valence-corrected chi connectivity index (χ4v) is 5.02. The molecule has 3 rings (SSSR count). The minimum atomic E-state index is -1.23. The summed E-state index contributed by atoms with van der Waals surface area (Å²) in [5.74, 6) is 1.77. The second-order valence-corrected chi connectivity index (χ2v) is 8.67. The number of benzene rings is 1. The number of hydrogen-bond acceptors (Lipinski definition) is 3. The van der Waals surface area contributed by atoms with E-state index in [0.717, 1.165) is 31.4 Å². The van der Waals surface area contributed by atoms with Gasteiger partial charge in [-0.25, -0.2) is 0 Å². The zero-order chi connectivity index (χ0) is 18.9. The average molecular weight is 360 g/mol. The Labute approximate surface area is 157 Å². The zero-order valence-corrected chi connectivity index (χ0v) is 16.5. The highest BCUT2D eigenvalue weighted by atomic mass is 16.5. The Morgan fingerprint density at radius 1 is 1.35 bits per heavy atom. The Morgan fingerprint density at radius 2 is 2.12 bits per heavy atom. The van der Waals surface area contributed by atoms with Crippen molar-refractivity contribution in [2.75, 3.05) is 13.7 Å². The van der Waals surface area contributed by atoms with Crippen molar-refractivity contribution in [1.29, 1.82) is 0 Å². The quantitative estimate of drug-likeness (QED) is 0.843. The van der Waals surface area contributed by atoms with Crippen LogP contribution >= 0.6 is 0 Å². The maximum absolute atomic E-state index is 13.0. The van der Waals surface area contributed by atoms with Crippen molar-refractivity contribution in [3.05, 3.63) is 29.3 Å². The lowest BCUT2D eigenvalue weighted by molar-refractivity contribution is -0.155.